The van der Waals surface area contributed by atoms with Crippen molar-refractivity contribution in [2.75, 3.05) is 14.1 Å². The number of hydrogen-bond donors (Lipinski definition) is 1. The molecule has 0 saturated heterocycles. The van der Waals surface area contributed by atoms with Crippen molar-refractivity contribution in [3.05, 3.63) is 89.2 Å². The van der Waals surface area contributed by atoms with Crippen LogP contribution in [-0.2, 0) is 0 Å². The van der Waals surface area contributed by atoms with Crippen LogP contribution in [0.5, 0.6) is 0 Å². The largest absolute Gasteiger partial charge is 0.389 e. The SMILES string of the molecule is Cc1ccccc1C(c1cccn1-c1ccccc1C(N)=S)N(C)C. The molecular weight excluding hydrogens is 326 g/mol. The van der Waals surface area contributed by atoms with Crippen LogP contribution < -0.4 is 5.73 Å². The summed E-state index contributed by atoms with van der Waals surface area (Å²) in [6.07, 6.45) is 2.07. The second-order valence-corrected chi connectivity index (χ2v) is 6.85. The smallest absolute Gasteiger partial charge is 0.106 e. The lowest BCUT2D eigenvalue weighted by molar-refractivity contribution is 0.332. The number of hydrogen-bond acceptors (Lipinski definition) is 2. The van der Waals surface area contributed by atoms with Gasteiger partial charge in [-0.05, 0) is 56.4 Å². The monoisotopic (exact) mass is 349 g/mol. The maximum absolute atomic E-state index is 5.95. The second-order valence-electron chi connectivity index (χ2n) is 6.41. The Hall–Kier alpha value is -2.43. The van der Waals surface area contributed by atoms with Crippen LogP contribution in [0.25, 0.3) is 5.69 Å². The van der Waals surface area contributed by atoms with E-state index < -0.39 is 0 Å². The van der Waals surface area contributed by atoms with E-state index in [4.69, 9.17) is 18.0 Å². The molecule has 0 aliphatic heterocycles. The second kappa shape index (κ2) is 7.21. The minimum Gasteiger partial charge on any atom is -0.389 e. The van der Waals surface area contributed by atoms with Gasteiger partial charge in [0.25, 0.3) is 0 Å². The van der Waals surface area contributed by atoms with Crippen LogP contribution in [0.1, 0.15) is 28.4 Å². The summed E-state index contributed by atoms with van der Waals surface area (Å²) in [5.41, 5.74) is 11.6. The zero-order valence-corrected chi connectivity index (χ0v) is 15.6. The Bertz CT molecular complexity index is 895. The molecule has 4 heteroatoms. The van der Waals surface area contributed by atoms with Gasteiger partial charge >= 0.3 is 0 Å². The highest BCUT2D eigenvalue weighted by Crippen LogP contribution is 2.31. The fourth-order valence-electron chi connectivity index (χ4n) is 3.32. The fourth-order valence-corrected chi connectivity index (χ4v) is 3.50. The summed E-state index contributed by atoms with van der Waals surface area (Å²) in [6.45, 7) is 2.15. The average molecular weight is 350 g/mol. The van der Waals surface area contributed by atoms with Gasteiger partial charge in [-0.1, -0.05) is 48.6 Å². The summed E-state index contributed by atoms with van der Waals surface area (Å²) < 4.78 is 2.19. The van der Waals surface area contributed by atoms with Crippen LogP contribution in [0.4, 0.5) is 0 Å². The van der Waals surface area contributed by atoms with Gasteiger partial charge in [0.15, 0.2) is 0 Å². The van der Waals surface area contributed by atoms with E-state index in [2.05, 4.69) is 79.1 Å². The van der Waals surface area contributed by atoms with Gasteiger partial charge in [-0.15, -0.1) is 0 Å². The Morgan fingerprint density at radius 2 is 1.68 bits per heavy atom. The molecule has 0 fully saturated rings. The quantitative estimate of drug-likeness (QED) is 0.705. The topological polar surface area (TPSA) is 34.2 Å². The van der Waals surface area contributed by atoms with Gasteiger partial charge in [0.2, 0.25) is 0 Å². The van der Waals surface area contributed by atoms with Crippen molar-refractivity contribution < 1.29 is 0 Å². The third kappa shape index (κ3) is 3.36. The molecule has 0 saturated carbocycles. The van der Waals surface area contributed by atoms with Crippen molar-refractivity contribution in [1.29, 1.82) is 0 Å². The minimum atomic E-state index is 0.135. The lowest BCUT2D eigenvalue weighted by atomic mass is 9.97. The first-order chi connectivity index (χ1) is 12.0. The highest BCUT2D eigenvalue weighted by Gasteiger charge is 2.22. The number of rotatable bonds is 5. The van der Waals surface area contributed by atoms with E-state index >= 15 is 0 Å². The summed E-state index contributed by atoms with van der Waals surface area (Å²) in [5, 5.41) is 0. The number of thiocarbonyl (C=S) groups is 1. The fraction of sp³-hybridized carbons (Fsp3) is 0.190. The predicted octanol–water partition coefficient (Wildman–Crippen LogP) is 4.07. The summed E-state index contributed by atoms with van der Waals surface area (Å²) in [6, 6.07) is 20.9. The lowest BCUT2D eigenvalue weighted by Gasteiger charge is -2.28. The molecule has 0 bridgehead atoms. The molecule has 2 aromatic carbocycles. The maximum Gasteiger partial charge on any atom is 0.106 e. The summed E-state index contributed by atoms with van der Waals surface area (Å²) in [7, 11) is 4.21. The minimum absolute atomic E-state index is 0.135. The van der Waals surface area contributed by atoms with Gasteiger partial charge in [0.05, 0.1) is 11.7 Å². The predicted molar refractivity (Wildman–Crippen MR) is 108 cm³/mol. The summed E-state index contributed by atoms with van der Waals surface area (Å²) >= 11 is 5.25. The van der Waals surface area contributed by atoms with E-state index in [9.17, 15) is 0 Å². The average Bonchev–Trinajstić information content (AvgIpc) is 3.05. The first kappa shape index (κ1) is 17.4. The summed E-state index contributed by atoms with van der Waals surface area (Å²) in [4.78, 5) is 2.64. The molecule has 128 valence electrons. The van der Waals surface area contributed by atoms with E-state index in [-0.39, 0.29) is 6.04 Å². The van der Waals surface area contributed by atoms with E-state index in [1.165, 1.54) is 16.8 Å². The Labute approximate surface area is 154 Å². The van der Waals surface area contributed by atoms with Crippen LogP contribution in [0.3, 0.4) is 0 Å². The Morgan fingerprint density at radius 3 is 2.36 bits per heavy atom. The molecular formula is C21H23N3S. The maximum atomic E-state index is 5.95. The van der Waals surface area contributed by atoms with Crippen LogP contribution in [0.2, 0.25) is 0 Å². The van der Waals surface area contributed by atoms with Crippen LogP contribution in [-0.4, -0.2) is 28.6 Å². The zero-order chi connectivity index (χ0) is 18.0. The Morgan fingerprint density at radius 1 is 1.00 bits per heavy atom. The molecule has 1 heterocycles. The van der Waals surface area contributed by atoms with Gasteiger partial charge < -0.3 is 10.3 Å². The zero-order valence-electron chi connectivity index (χ0n) is 14.8. The van der Waals surface area contributed by atoms with E-state index in [0.717, 1.165) is 11.3 Å². The highest BCUT2D eigenvalue weighted by molar-refractivity contribution is 7.80. The van der Waals surface area contributed by atoms with Gasteiger partial charge in [-0.2, -0.15) is 0 Å². The molecule has 3 rings (SSSR count). The number of aryl methyl sites for hydroxylation is 1. The van der Waals surface area contributed by atoms with Crippen molar-refractivity contribution in [2.45, 2.75) is 13.0 Å². The molecule has 3 nitrogen and oxygen atoms in total. The van der Waals surface area contributed by atoms with Crippen LogP contribution >= 0.6 is 12.2 Å². The number of benzene rings is 2. The van der Waals surface area contributed by atoms with Gasteiger partial charge in [0, 0.05) is 17.5 Å². The molecule has 3 aromatic rings. The third-order valence-electron chi connectivity index (χ3n) is 4.49. The highest BCUT2D eigenvalue weighted by atomic mass is 32.1. The van der Waals surface area contributed by atoms with Gasteiger partial charge in [-0.25, -0.2) is 0 Å². The van der Waals surface area contributed by atoms with Gasteiger partial charge in [-0.3, -0.25) is 4.90 Å². The molecule has 1 atom stereocenters. The molecule has 1 unspecified atom stereocenters. The van der Waals surface area contributed by atoms with E-state index in [0.29, 0.717) is 4.99 Å². The molecule has 25 heavy (non-hydrogen) atoms. The molecule has 1 aromatic heterocycles. The lowest BCUT2D eigenvalue weighted by Crippen LogP contribution is -2.24. The molecule has 0 aliphatic carbocycles. The van der Waals surface area contributed by atoms with Gasteiger partial charge in [0.1, 0.15) is 4.99 Å². The molecule has 2 N–H and O–H groups in total. The Kier molecular flexibility index (Phi) is 5.02. The van der Waals surface area contributed by atoms with Crippen molar-refractivity contribution >= 4 is 17.2 Å². The van der Waals surface area contributed by atoms with Crippen LogP contribution in [0, 0.1) is 6.92 Å². The molecule has 0 amide bonds. The Balaban J connectivity index is 2.18. The first-order valence-electron chi connectivity index (χ1n) is 8.29. The first-order valence-corrected chi connectivity index (χ1v) is 8.70. The number of para-hydroxylation sites is 1. The van der Waals surface area contributed by atoms with Crippen molar-refractivity contribution in [2.24, 2.45) is 5.73 Å². The normalized spacial score (nSPS) is 12.3. The van der Waals surface area contributed by atoms with E-state index in [1.54, 1.807) is 0 Å². The summed E-state index contributed by atoms with van der Waals surface area (Å²) in [5.74, 6) is 0. The molecule has 0 spiro atoms. The third-order valence-corrected chi connectivity index (χ3v) is 4.71. The van der Waals surface area contributed by atoms with E-state index in [1.807, 2.05) is 18.2 Å². The van der Waals surface area contributed by atoms with Crippen molar-refractivity contribution in [3.63, 3.8) is 0 Å². The standard InChI is InChI=1S/C21H23N3S/c1-15-9-4-5-10-16(15)20(23(2)3)19-13-8-14-24(19)18-12-7-6-11-17(18)21(22)25/h4-14,20H,1-3H3,(H2,22,25). The van der Waals surface area contributed by atoms with Crippen molar-refractivity contribution in [3.8, 4) is 5.69 Å². The molecule has 0 radical (unpaired) electrons. The van der Waals surface area contributed by atoms with Crippen molar-refractivity contribution in [1.82, 2.24) is 9.47 Å². The number of aromatic nitrogens is 1. The number of nitrogens with two attached hydrogens (primary N) is 1. The molecule has 0 aliphatic rings. The number of nitrogens with zero attached hydrogens (tertiary/aromatic N) is 2. The van der Waals surface area contributed by atoms with Crippen LogP contribution in [0.15, 0.2) is 66.9 Å².